The van der Waals surface area contributed by atoms with E-state index in [0.29, 0.717) is 18.7 Å². The Morgan fingerprint density at radius 3 is 2.29 bits per heavy atom. The molecule has 0 radical (unpaired) electrons. The first-order chi connectivity index (χ1) is 16.5. The molecule has 1 atom stereocenters. The number of anilines is 1. The molecule has 0 saturated carbocycles. The second kappa shape index (κ2) is 13.0. The van der Waals surface area contributed by atoms with E-state index in [-0.39, 0.29) is 28.2 Å². The van der Waals surface area contributed by atoms with Crippen molar-refractivity contribution in [1.29, 1.82) is 0 Å². The zero-order valence-electron chi connectivity index (χ0n) is 20.3. The van der Waals surface area contributed by atoms with E-state index in [1.165, 1.54) is 17.0 Å². The third-order valence-electron chi connectivity index (χ3n) is 5.33. The summed E-state index contributed by atoms with van der Waals surface area (Å²) in [6.07, 6.45) is 2.06. The van der Waals surface area contributed by atoms with Crippen molar-refractivity contribution in [1.82, 2.24) is 10.2 Å². The van der Waals surface area contributed by atoms with Crippen LogP contribution in [0.3, 0.4) is 0 Å². The molecule has 0 aromatic heterocycles. The van der Waals surface area contributed by atoms with Crippen LogP contribution in [0.1, 0.15) is 32.3 Å². The van der Waals surface area contributed by atoms with Crippen LogP contribution in [-0.2, 0) is 26.2 Å². The lowest BCUT2D eigenvalue weighted by Gasteiger charge is -2.33. The van der Waals surface area contributed by atoms with Crippen molar-refractivity contribution in [2.24, 2.45) is 0 Å². The molecule has 2 aromatic rings. The number of nitrogens with one attached hydrogen (secondary N) is 1. The van der Waals surface area contributed by atoms with Gasteiger partial charge in [0.05, 0.1) is 29.1 Å². The van der Waals surface area contributed by atoms with Crippen LogP contribution in [0.15, 0.2) is 42.5 Å². The van der Waals surface area contributed by atoms with Gasteiger partial charge in [0.15, 0.2) is 0 Å². The van der Waals surface area contributed by atoms with Gasteiger partial charge in [-0.15, -0.1) is 0 Å². The number of nitrogens with zero attached hydrogens (tertiary/aromatic N) is 2. The lowest BCUT2D eigenvalue weighted by Crippen LogP contribution is -2.52. The number of halogens is 2. The Bertz CT molecular complexity index is 1130. The van der Waals surface area contributed by atoms with E-state index in [2.05, 4.69) is 5.32 Å². The Morgan fingerprint density at radius 1 is 1.09 bits per heavy atom. The predicted octanol–water partition coefficient (Wildman–Crippen LogP) is 4.10. The lowest BCUT2D eigenvalue weighted by molar-refractivity contribution is -0.140. The van der Waals surface area contributed by atoms with Crippen molar-refractivity contribution in [2.75, 3.05) is 30.8 Å². The Labute approximate surface area is 217 Å². The van der Waals surface area contributed by atoms with E-state index in [4.69, 9.17) is 27.9 Å². The molecule has 0 aliphatic carbocycles. The van der Waals surface area contributed by atoms with Crippen molar-refractivity contribution < 1.29 is 22.7 Å². The number of carbonyl (C=O) groups excluding carboxylic acids is 2. The van der Waals surface area contributed by atoms with E-state index in [0.717, 1.165) is 22.5 Å². The van der Waals surface area contributed by atoms with E-state index in [9.17, 15) is 18.0 Å². The minimum absolute atomic E-state index is 0.0156. The average molecular weight is 545 g/mol. The van der Waals surface area contributed by atoms with Crippen molar-refractivity contribution >= 4 is 50.7 Å². The molecule has 1 unspecified atom stereocenters. The standard InChI is InChI=1S/C24H31Cl2N3O5S/c1-5-14-27-24(31)20(6-2)28(15-17-10-12-18(34-3)13-11-17)22(30)16-29(35(4,32)33)21-9-7-8-19(25)23(21)26/h7-13,20H,5-6,14-16H2,1-4H3,(H,27,31). The number of rotatable bonds is 12. The minimum atomic E-state index is -3.91. The number of methoxy groups -OCH3 is 1. The average Bonchev–Trinajstić information content (AvgIpc) is 2.82. The van der Waals surface area contributed by atoms with Gasteiger partial charge in [-0.1, -0.05) is 55.2 Å². The van der Waals surface area contributed by atoms with Crippen molar-refractivity contribution in [3.63, 3.8) is 0 Å². The van der Waals surface area contributed by atoms with Crippen LogP contribution in [0.2, 0.25) is 10.0 Å². The van der Waals surface area contributed by atoms with Gasteiger partial charge < -0.3 is 15.0 Å². The molecule has 0 bridgehead atoms. The summed E-state index contributed by atoms with van der Waals surface area (Å²) in [5.74, 6) is -0.207. The molecule has 11 heteroatoms. The summed E-state index contributed by atoms with van der Waals surface area (Å²) in [6, 6.07) is 10.8. The van der Waals surface area contributed by atoms with Gasteiger partial charge in [-0.25, -0.2) is 8.42 Å². The fraction of sp³-hybridized carbons (Fsp3) is 0.417. The molecule has 2 aromatic carbocycles. The maximum atomic E-state index is 13.6. The highest BCUT2D eigenvalue weighted by Crippen LogP contribution is 2.33. The van der Waals surface area contributed by atoms with Gasteiger partial charge in [0.1, 0.15) is 18.3 Å². The molecule has 0 aliphatic rings. The first kappa shape index (κ1) is 28.7. The molecule has 0 spiro atoms. The second-order valence-electron chi connectivity index (χ2n) is 7.93. The van der Waals surface area contributed by atoms with Crippen LogP contribution in [0, 0.1) is 0 Å². The summed E-state index contributed by atoms with van der Waals surface area (Å²) < 4.78 is 31.4. The quantitative estimate of drug-likeness (QED) is 0.434. The fourth-order valence-electron chi connectivity index (χ4n) is 3.49. The lowest BCUT2D eigenvalue weighted by atomic mass is 10.1. The van der Waals surface area contributed by atoms with Gasteiger partial charge >= 0.3 is 0 Å². The van der Waals surface area contributed by atoms with Crippen LogP contribution in [0.5, 0.6) is 5.75 Å². The van der Waals surface area contributed by atoms with Crippen LogP contribution in [0.25, 0.3) is 0 Å². The molecule has 192 valence electrons. The summed E-state index contributed by atoms with van der Waals surface area (Å²) in [7, 11) is -2.36. The summed E-state index contributed by atoms with van der Waals surface area (Å²) in [6.45, 7) is 3.74. The molecule has 8 nitrogen and oxygen atoms in total. The highest BCUT2D eigenvalue weighted by Gasteiger charge is 2.32. The maximum absolute atomic E-state index is 13.6. The Hall–Kier alpha value is -2.49. The monoisotopic (exact) mass is 543 g/mol. The minimum Gasteiger partial charge on any atom is -0.497 e. The van der Waals surface area contributed by atoms with Gasteiger partial charge in [-0.05, 0) is 42.7 Å². The van der Waals surface area contributed by atoms with Crippen LogP contribution >= 0.6 is 23.2 Å². The van der Waals surface area contributed by atoms with Gasteiger partial charge in [-0.3, -0.25) is 13.9 Å². The second-order valence-corrected chi connectivity index (χ2v) is 10.6. The number of hydrogen-bond donors (Lipinski definition) is 1. The highest BCUT2D eigenvalue weighted by atomic mass is 35.5. The van der Waals surface area contributed by atoms with E-state index in [1.54, 1.807) is 44.4 Å². The molecule has 2 rings (SSSR count). The summed E-state index contributed by atoms with van der Waals surface area (Å²) in [4.78, 5) is 27.9. The molecule has 2 amide bonds. The van der Waals surface area contributed by atoms with Crippen molar-refractivity contribution in [3.05, 3.63) is 58.1 Å². The van der Waals surface area contributed by atoms with Gasteiger partial charge in [-0.2, -0.15) is 0 Å². The molecular weight excluding hydrogens is 513 g/mol. The molecular formula is C24H31Cl2N3O5S. The van der Waals surface area contributed by atoms with E-state index < -0.39 is 28.5 Å². The summed E-state index contributed by atoms with van der Waals surface area (Å²) in [5, 5.41) is 3.00. The number of sulfonamides is 1. The molecule has 35 heavy (non-hydrogen) atoms. The summed E-state index contributed by atoms with van der Waals surface area (Å²) in [5.41, 5.74) is 0.843. The van der Waals surface area contributed by atoms with Crippen LogP contribution < -0.4 is 14.4 Å². The predicted molar refractivity (Wildman–Crippen MR) is 140 cm³/mol. The Balaban J connectivity index is 2.46. The Kier molecular flexibility index (Phi) is 10.7. The smallest absolute Gasteiger partial charge is 0.244 e. The van der Waals surface area contributed by atoms with Gasteiger partial charge in [0.2, 0.25) is 21.8 Å². The molecule has 0 fully saturated rings. The van der Waals surface area contributed by atoms with Gasteiger partial charge in [0, 0.05) is 13.1 Å². The number of benzene rings is 2. The number of amides is 2. The number of hydrogen-bond acceptors (Lipinski definition) is 5. The zero-order valence-corrected chi connectivity index (χ0v) is 22.6. The topological polar surface area (TPSA) is 96.0 Å². The third-order valence-corrected chi connectivity index (χ3v) is 7.26. The van der Waals surface area contributed by atoms with Gasteiger partial charge in [0.25, 0.3) is 0 Å². The fourth-order valence-corrected chi connectivity index (χ4v) is 4.80. The summed E-state index contributed by atoms with van der Waals surface area (Å²) >= 11 is 12.4. The first-order valence-corrected chi connectivity index (χ1v) is 13.8. The largest absolute Gasteiger partial charge is 0.497 e. The zero-order chi connectivity index (χ0) is 26.2. The first-order valence-electron chi connectivity index (χ1n) is 11.1. The molecule has 1 N–H and O–H groups in total. The number of carbonyl (C=O) groups is 2. The van der Waals surface area contributed by atoms with Crippen molar-refractivity contribution in [2.45, 2.75) is 39.3 Å². The normalized spacial score (nSPS) is 12.1. The van der Waals surface area contributed by atoms with Crippen molar-refractivity contribution in [3.8, 4) is 5.75 Å². The molecule has 0 saturated heterocycles. The SMILES string of the molecule is CCCNC(=O)C(CC)N(Cc1ccc(OC)cc1)C(=O)CN(c1cccc(Cl)c1Cl)S(C)(=O)=O. The molecule has 0 aliphatic heterocycles. The van der Waals surface area contributed by atoms with E-state index in [1.807, 2.05) is 6.92 Å². The number of ether oxygens (including phenoxy) is 1. The maximum Gasteiger partial charge on any atom is 0.244 e. The van der Waals surface area contributed by atoms with E-state index >= 15 is 0 Å². The van der Waals surface area contributed by atoms with Crippen LogP contribution in [-0.4, -0.2) is 57.6 Å². The molecule has 0 heterocycles. The highest BCUT2D eigenvalue weighted by molar-refractivity contribution is 7.92. The Morgan fingerprint density at radius 2 is 1.74 bits per heavy atom. The van der Waals surface area contributed by atoms with Crippen LogP contribution in [0.4, 0.5) is 5.69 Å². The third kappa shape index (κ3) is 7.75.